The predicted octanol–water partition coefficient (Wildman–Crippen LogP) is 4.08. The first-order chi connectivity index (χ1) is 13.2. The van der Waals surface area contributed by atoms with E-state index in [-0.39, 0.29) is 12.7 Å². The Morgan fingerprint density at radius 2 is 2.07 bits per heavy atom. The highest BCUT2D eigenvalue weighted by molar-refractivity contribution is 5.63. The van der Waals surface area contributed by atoms with Crippen molar-refractivity contribution in [2.75, 3.05) is 51.3 Å². The summed E-state index contributed by atoms with van der Waals surface area (Å²) in [5, 5.41) is 0. The van der Waals surface area contributed by atoms with E-state index in [1.54, 1.807) is 19.2 Å². The van der Waals surface area contributed by atoms with E-state index in [4.69, 9.17) is 4.74 Å². The van der Waals surface area contributed by atoms with Crippen molar-refractivity contribution in [1.29, 1.82) is 0 Å². The molecular formula is C23H33FN2O. The number of ether oxygens (including phenoxy) is 1. The molecule has 2 bridgehead atoms. The van der Waals surface area contributed by atoms with Crippen molar-refractivity contribution in [2.24, 2.45) is 17.8 Å². The number of fused-ring (bicyclic) bond motifs is 4. The largest absolute Gasteiger partial charge is 0.383 e. The van der Waals surface area contributed by atoms with Crippen LogP contribution in [0.5, 0.6) is 0 Å². The first-order valence-electron chi connectivity index (χ1n) is 10.6. The summed E-state index contributed by atoms with van der Waals surface area (Å²) in [5.74, 6) is 2.45. The Bertz CT molecular complexity index is 731. The van der Waals surface area contributed by atoms with Crippen molar-refractivity contribution in [3.8, 4) is 0 Å². The van der Waals surface area contributed by atoms with Crippen molar-refractivity contribution in [3.63, 3.8) is 0 Å². The summed E-state index contributed by atoms with van der Waals surface area (Å²) in [7, 11) is 1.75. The van der Waals surface area contributed by atoms with Crippen LogP contribution in [0.2, 0.25) is 0 Å². The molecule has 0 N–H and O–H groups in total. The molecule has 3 nitrogen and oxygen atoms in total. The zero-order chi connectivity index (χ0) is 18.4. The maximum atomic E-state index is 14.1. The van der Waals surface area contributed by atoms with Crippen LogP contribution >= 0.6 is 0 Å². The van der Waals surface area contributed by atoms with E-state index in [0.29, 0.717) is 0 Å². The topological polar surface area (TPSA) is 15.7 Å². The Morgan fingerprint density at radius 1 is 1.22 bits per heavy atom. The van der Waals surface area contributed by atoms with Crippen LogP contribution in [0.25, 0.3) is 0 Å². The van der Waals surface area contributed by atoms with Crippen LogP contribution in [0.3, 0.4) is 0 Å². The molecule has 1 saturated carbocycles. The van der Waals surface area contributed by atoms with E-state index >= 15 is 0 Å². The molecule has 1 aromatic carbocycles. The van der Waals surface area contributed by atoms with Crippen LogP contribution < -0.4 is 4.90 Å². The number of allylic oxidation sites excluding steroid dienone is 2. The van der Waals surface area contributed by atoms with Crippen molar-refractivity contribution in [2.45, 2.75) is 31.1 Å². The fraction of sp³-hybridized carbons (Fsp3) is 0.652. The third-order valence-electron chi connectivity index (χ3n) is 7.65. The molecule has 4 aliphatic rings. The van der Waals surface area contributed by atoms with E-state index in [1.165, 1.54) is 30.6 Å². The van der Waals surface area contributed by atoms with Crippen LogP contribution in [0.4, 0.5) is 10.1 Å². The van der Waals surface area contributed by atoms with E-state index in [1.807, 2.05) is 6.07 Å². The lowest BCUT2D eigenvalue weighted by Gasteiger charge is -2.41. The number of hydrogen-bond acceptors (Lipinski definition) is 3. The molecule has 148 valence electrons. The Kier molecular flexibility index (Phi) is 4.52. The number of anilines is 1. The van der Waals surface area contributed by atoms with E-state index in [9.17, 15) is 4.39 Å². The average molecular weight is 373 g/mol. The number of piperidine rings is 1. The molecule has 2 heterocycles. The second kappa shape index (κ2) is 6.89. The van der Waals surface area contributed by atoms with Crippen LogP contribution in [-0.4, -0.2) is 51.3 Å². The third-order valence-corrected chi connectivity index (χ3v) is 7.65. The molecule has 4 heteroatoms. The second-order valence-corrected chi connectivity index (χ2v) is 9.20. The third kappa shape index (κ3) is 3.11. The van der Waals surface area contributed by atoms with E-state index < -0.39 is 0 Å². The van der Waals surface area contributed by atoms with Gasteiger partial charge >= 0.3 is 0 Å². The minimum Gasteiger partial charge on any atom is -0.383 e. The molecule has 1 spiro atoms. The maximum Gasteiger partial charge on any atom is 0.123 e. The Morgan fingerprint density at radius 3 is 2.78 bits per heavy atom. The van der Waals surface area contributed by atoms with Gasteiger partial charge in [-0.2, -0.15) is 0 Å². The zero-order valence-corrected chi connectivity index (χ0v) is 16.4. The first-order valence-corrected chi connectivity index (χ1v) is 10.6. The van der Waals surface area contributed by atoms with Gasteiger partial charge in [0.05, 0.1) is 6.61 Å². The van der Waals surface area contributed by atoms with Crippen LogP contribution in [-0.2, 0) is 10.2 Å². The molecule has 2 fully saturated rings. The average Bonchev–Trinajstić information content (AvgIpc) is 3.36. The summed E-state index contributed by atoms with van der Waals surface area (Å²) in [6, 6.07) is 5.39. The maximum absolute atomic E-state index is 14.1. The number of rotatable bonds is 5. The normalized spacial score (nSPS) is 31.2. The van der Waals surface area contributed by atoms with Gasteiger partial charge in [-0.05, 0) is 80.3 Å². The number of nitrogens with zero attached hydrogens (tertiary/aromatic N) is 2. The summed E-state index contributed by atoms with van der Waals surface area (Å²) >= 11 is 0. The lowest BCUT2D eigenvalue weighted by Crippen LogP contribution is -2.47. The van der Waals surface area contributed by atoms with Crippen molar-refractivity contribution >= 4 is 5.69 Å². The number of likely N-dealkylation sites (tertiary alicyclic amines) is 1. The molecule has 2 aliphatic carbocycles. The number of hydrogen-bond donors (Lipinski definition) is 0. The predicted molar refractivity (Wildman–Crippen MR) is 109 cm³/mol. The van der Waals surface area contributed by atoms with Crippen molar-refractivity contribution < 1.29 is 10.6 Å². The molecular weight excluding hydrogens is 339 g/mol. The summed E-state index contributed by atoms with van der Waals surface area (Å²) in [4.78, 5) is 5.09. The fourth-order valence-electron chi connectivity index (χ4n) is 6.17. The molecule has 0 radical (unpaired) electrons. The fourth-order valence-corrected chi connectivity index (χ4v) is 6.17. The van der Waals surface area contributed by atoms with Gasteiger partial charge in [-0.25, -0.2) is 4.39 Å². The van der Waals surface area contributed by atoms with Gasteiger partial charge < -0.3 is 14.5 Å². The Hall–Kier alpha value is -1.39. The van der Waals surface area contributed by atoms with Gasteiger partial charge in [0, 0.05) is 39.3 Å². The van der Waals surface area contributed by atoms with Crippen LogP contribution in [0.1, 0.15) is 32.7 Å². The highest BCUT2D eigenvalue weighted by Gasteiger charge is 2.45. The van der Waals surface area contributed by atoms with Gasteiger partial charge in [0.15, 0.2) is 0 Å². The van der Waals surface area contributed by atoms with Crippen LogP contribution in [0.15, 0.2) is 30.4 Å². The van der Waals surface area contributed by atoms with Gasteiger partial charge in [0.1, 0.15) is 5.82 Å². The molecule has 0 aromatic heterocycles. The molecule has 0 amide bonds. The zero-order valence-electron chi connectivity index (χ0n) is 16.4. The lowest BCUT2D eigenvalue weighted by molar-refractivity contribution is 0.137. The van der Waals surface area contributed by atoms with Gasteiger partial charge in [-0.1, -0.05) is 12.2 Å². The van der Waals surface area contributed by atoms with Gasteiger partial charge in [-0.3, -0.25) is 0 Å². The van der Waals surface area contributed by atoms with Gasteiger partial charge in [-0.15, -0.1) is 0 Å². The molecule has 1 saturated heterocycles. The molecule has 27 heavy (non-hydrogen) atoms. The summed E-state index contributed by atoms with van der Waals surface area (Å²) in [5.41, 5.74) is 2.58. The summed E-state index contributed by atoms with van der Waals surface area (Å²) in [6.07, 6.45) is 9.97. The van der Waals surface area contributed by atoms with Crippen LogP contribution in [0, 0.1) is 23.6 Å². The van der Waals surface area contributed by atoms with Crippen molar-refractivity contribution in [3.05, 3.63) is 41.7 Å². The molecule has 0 unspecified atom stereocenters. The van der Waals surface area contributed by atoms with Crippen molar-refractivity contribution in [1.82, 2.24) is 4.90 Å². The molecule has 5 rings (SSSR count). The summed E-state index contributed by atoms with van der Waals surface area (Å²) < 4.78 is 19.4. The number of halogens is 1. The van der Waals surface area contributed by atoms with Gasteiger partial charge in [0.2, 0.25) is 0 Å². The lowest BCUT2D eigenvalue weighted by atomic mass is 9.74. The minimum absolute atomic E-state index is 0. The Balaban J connectivity index is 0.00000192. The Labute approximate surface area is 163 Å². The molecule has 2 aliphatic heterocycles. The quantitative estimate of drug-likeness (QED) is 0.724. The summed E-state index contributed by atoms with van der Waals surface area (Å²) in [6.45, 7) is 6.16. The highest BCUT2D eigenvalue weighted by atomic mass is 19.1. The standard InChI is InChI=1S/C23H31FN2O.H2/c1-27-11-10-26-16-23(21-14-20(24)4-5-22(21)26)6-8-25(9-7-23)15-19-13-17-2-3-18(19)12-17;/h2-5,14,17-19H,6-13,15-16H2,1H3;1H/t17-,18-,19+;/m0./s1. The second-order valence-electron chi connectivity index (χ2n) is 9.20. The number of methoxy groups -OCH3 is 1. The van der Waals surface area contributed by atoms with Gasteiger partial charge in [0.25, 0.3) is 0 Å². The smallest absolute Gasteiger partial charge is 0.123 e. The van der Waals surface area contributed by atoms with E-state index in [2.05, 4.69) is 22.0 Å². The SMILES string of the molecule is COCCN1CC2(CCN(C[C@H]3C[C@H]4C=C[C@H]3C4)CC2)c2cc(F)ccc21.[HH]. The van der Waals surface area contributed by atoms with E-state index in [0.717, 1.165) is 63.4 Å². The highest BCUT2D eigenvalue weighted by Crippen LogP contribution is 2.48. The first kappa shape index (κ1) is 17.7. The molecule has 3 atom stereocenters. The minimum atomic E-state index is -0.0992. The monoisotopic (exact) mass is 372 g/mol. The molecule has 1 aromatic rings. The number of benzene rings is 1.